The second-order valence-corrected chi connectivity index (χ2v) is 8.83. The van der Waals surface area contributed by atoms with Crippen LogP contribution in [-0.2, 0) is 11.2 Å². The van der Waals surface area contributed by atoms with Gasteiger partial charge in [0.05, 0.1) is 17.2 Å². The number of carbonyl (C=O) groups is 1. The highest BCUT2D eigenvalue weighted by Crippen LogP contribution is 2.32. The zero-order valence-electron chi connectivity index (χ0n) is 18.3. The maximum absolute atomic E-state index is 12.6. The number of nitrogens with one attached hydrogen (secondary N) is 1. The Kier molecular flexibility index (Phi) is 8.05. The van der Waals surface area contributed by atoms with Crippen LogP contribution in [0.4, 0.5) is 5.69 Å². The van der Waals surface area contributed by atoms with Crippen LogP contribution >= 0.6 is 34.8 Å². The maximum atomic E-state index is 12.6. The van der Waals surface area contributed by atoms with Gasteiger partial charge in [-0.15, -0.1) is 0 Å². The van der Waals surface area contributed by atoms with Gasteiger partial charge in [-0.3, -0.25) is 4.79 Å². The standard InChI is InChI=1S/C26H21Cl3N2O2/c1-15-6-16(2)8-17(7-15)10-21-23(28)11-18(12-25(21)33-3)9-19(14-30)26(32)31-20-4-5-22(27)24(29)13-20/h4-9,11-13H,10H2,1-3H3,(H,31,32)/b19-9+. The lowest BCUT2D eigenvalue weighted by Crippen LogP contribution is -2.13. The number of anilines is 1. The third-order valence-corrected chi connectivity index (χ3v) is 5.99. The summed E-state index contributed by atoms with van der Waals surface area (Å²) in [4.78, 5) is 12.6. The molecule has 0 aliphatic carbocycles. The van der Waals surface area contributed by atoms with E-state index < -0.39 is 5.91 Å². The number of carbonyl (C=O) groups excluding carboxylic acids is 1. The first kappa shape index (κ1) is 24.7. The van der Waals surface area contributed by atoms with Crippen molar-refractivity contribution in [3.8, 4) is 11.8 Å². The number of nitrogens with zero attached hydrogens (tertiary/aromatic N) is 1. The van der Waals surface area contributed by atoms with Crippen molar-refractivity contribution >= 4 is 52.5 Å². The lowest BCUT2D eigenvalue weighted by Gasteiger charge is -2.13. The Morgan fingerprint density at radius 2 is 1.70 bits per heavy atom. The number of nitriles is 1. The Bertz CT molecular complexity index is 1270. The van der Waals surface area contributed by atoms with Crippen molar-refractivity contribution in [1.82, 2.24) is 0 Å². The molecule has 0 spiro atoms. The summed E-state index contributed by atoms with van der Waals surface area (Å²) in [5.41, 5.74) is 5.20. The molecule has 0 bridgehead atoms. The fourth-order valence-corrected chi connectivity index (χ4v) is 4.12. The minimum Gasteiger partial charge on any atom is -0.496 e. The van der Waals surface area contributed by atoms with E-state index >= 15 is 0 Å². The Balaban J connectivity index is 1.89. The van der Waals surface area contributed by atoms with Crippen LogP contribution in [-0.4, -0.2) is 13.0 Å². The SMILES string of the molecule is COc1cc(/C=C(\C#N)C(=O)Nc2ccc(Cl)c(Cl)c2)cc(Cl)c1Cc1cc(C)cc(C)c1. The quantitative estimate of drug-likeness (QED) is 0.284. The van der Waals surface area contributed by atoms with E-state index in [-0.39, 0.29) is 5.57 Å². The Morgan fingerprint density at radius 3 is 2.30 bits per heavy atom. The van der Waals surface area contributed by atoms with Crippen molar-refractivity contribution in [2.24, 2.45) is 0 Å². The summed E-state index contributed by atoms with van der Waals surface area (Å²) in [6.07, 6.45) is 2.05. The third kappa shape index (κ3) is 6.30. The largest absolute Gasteiger partial charge is 0.496 e. The van der Waals surface area contributed by atoms with Crippen LogP contribution in [0.15, 0.2) is 54.1 Å². The Morgan fingerprint density at radius 1 is 1.00 bits per heavy atom. The Labute approximate surface area is 208 Å². The number of aryl methyl sites for hydroxylation is 2. The molecule has 1 N–H and O–H groups in total. The average Bonchev–Trinajstić information content (AvgIpc) is 2.75. The van der Waals surface area contributed by atoms with Crippen molar-refractivity contribution in [3.63, 3.8) is 0 Å². The number of amides is 1. The van der Waals surface area contributed by atoms with Crippen molar-refractivity contribution in [1.29, 1.82) is 5.26 Å². The molecule has 7 heteroatoms. The summed E-state index contributed by atoms with van der Waals surface area (Å²) >= 11 is 18.5. The van der Waals surface area contributed by atoms with E-state index in [0.29, 0.717) is 38.5 Å². The van der Waals surface area contributed by atoms with E-state index in [1.165, 1.54) is 23.3 Å². The number of hydrogen-bond acceptors (Lipinski definition) is 3. The Hall–Kier alpha value is -2.97. The highest BCUT2D eigenvalue weighted by atomic mass is 35.5. The van der Waals surface area contributed by atoms with Gasteiger partial charge in [-0.1, -0.05) is 64.1 Å². The van der Waals surface area contributed by atoms with Crippen molar-refractivity contribution < 1.29 is 9.53 Å². The summed E-state index contributed by atoms with van der Waals surface area (Å²) in [7, 11) is 1.56. The molecule has 0 heterocycles. The minimum absolute atomic E-state index is 0.0961. The molecule has 168 valence electrons. The molecule has 1 amide bonds. The normalized spacial score (nSPS) is 11.1. The minimum atomic E-state index is -0.578. The lowest BCUT2D eigenvalue weighted by molar-refractivity contribution is -0.112. The number of rotatable bonds is 6. The molecule has 3 rings (SSSR count). The highest BCUT2D eigenvalue weighted by Gasteiger charge is 2.14. The number of methoxy groups -OCH3 is 1. The molecule has 0 aromatic heterocycles. The van der Waals surface area contributed by atoms with Gasteiger partial charge in [0.25, 0.3) is 5.91 Å². The summed E-state index contributed by atoms with van der Waals surface area (Å²) in [5.74, 6) is 0.000353. The van der Waals surface area contributed by atoms with E-state index in [4.69, 9.17) is 39.5 Å². The number of hydrogen-bond donors (Lipinski definition) is 1. The van der Waals surface area contributed by atoms with Gasteiger partial charge in [-0.25, -0.2) is 0 Å². The lowest BCUT2D eigenvalue weighted by atomic mass is 9.98. The molecule has 0 saturated heterocycles. The van der Waals surface area contributed by atoms with Gasteiger partial charge in [-0.05, 0) is 61.4 Å². The van der Waals surface area contributed by atoms with Crippen LogP contribution in [0, 0.1) is 25.2 Å². The third-order valence-electron chi connectivity index (χ3n) is 4.91. The smallest absolute Gasteiger partial charge is 0.266 e. The molecule has 0 radical (unpaired) electrons. The van der Waals surface area contributed by atoms with Gasteiger partial charge in [0.1, 0.15) is 17.4 Å². The highest BCUT2D eigenvalue weighted by molar-refractivity contribution is 6.42. The van der Waals surface area contributed by atoms with Crippen molar-refractivity contribution in [2.45, 2.75) is 20.3 Å². The molecule has 0 aliphatic heterocycles. The van der Waals surface area contributed by atoms with E-state index in [1.54, 1.807) is 31.4 Å². The van der Waals surface area contributed by atoms with Crippen LogP contribution in [0.5, 0.6) is 5.75 Å². The molecular formula is C26H21Cl3N2O2. The van der Waals surface area contributed by atoms with Crippen LogP contribution in [0.1, 0.15) is 27.8 Å². The first-order valence-electron chi connectivity index (χ1n) is 10.0. The summed E-state index contributed by atoms with van der Waals surface area (Å²) < 4.78 is 5.57. The van der Waals surface area contributed by atoms with Gasteiger partial charge in [0, 0.05) is 22.7 Å². The van der Waals surface area contributed by atoms with E-state index in [1.807, 2.05) is 6.07 Å². The topological polar surface area (TPSA) is 62.1 Å². The predicted molar refractivity (Wildman–Crippen MR) is 135 cm³/mol. The van der Waals surface area contributed by atoms with E-state index in [0.717, 1.165) is 11.1 Å². The molecule has 0 fully saturated rings. The zero-order chi connectivity index (χ0) is 24.1. The zero-order valence-corrected chi connectivity index (χ0v) is 20.6. The van der Waals surface area contributed by atoms with E-state index in [9.17, 15) is 10.1 Å². The second kappa shape index (κ2) is 10.8. The maximum Gasteiger partial charge on any atom is 0.266 e. The summed E-state index contributed by atoms with van der Waals surface area (Å²) in [6, 6.07) is 16.4. The van der Waals surface area contributed by atoms with Crippen LogP contribution in [0.2, 0.25) is 15.1 Å². The first-order chi connectivity index (χ1) is 15.7. The first-order valence-corrected chi connectivity index (χ1v) is 11.2. The molecule has 0 atom stereocenters. The van der Waals surface area contributed by atoms with Crippen LogP contribution in [0.3, 0.4) is 0 Å². The fraction of sp³-hybridized carbons (Fsp3) is 0.154. The number of halogens is 3. The van der Waals surface area contributed by atoms with E-state index in [2.05, 4.69) is 37.4 Å². The molecule has 4 nitrogen and oxygen atoms in total. The molecule has 0 saturated carbocycles. The molecule has 0 unspecified atom stereocenters. The van der Waals surface area contributed by atoms with Crippen LogP contribution < -0.4 is 10.1 Å². The van der Waals surface area contributed by atoms with Crippen molar-refractivity contribution in [2.75, 3.05) is 12.4 Å². The monoisotopic (exact) mass is 498 g/mol. The van der Waals surface area contributed by atoms with Gasteiger partial charge >= 0.3 is 0 Å². The number of ether oxygens (including phenoxy) is 1. The molecule has 3 aromatic rings. The average molecular weight is 500 g/mol. The molecule has 3 aromatic carbocycles. The van der Waals surface area contributed by atoms with Crippen molar-refractivity contribution in [3.05, 3.63) is 97.0 Å². The molecular weight excluding hydrogens is 479 g/mol. The summed E-state index contributed by atoms with van der Waals surface area (Å²) in [5, 5.41) is 13.3. The molecule has 33 heavy (non-hydrogen) atoms. The van der Waals surface area contributed by atoms with Crippen LogP contribution in [0.25, 0.3) is 6.08 Å². The van der Waals surface area contributed by atoms with Gasteiger partial charge in [-0.2, -0.15) is 5.26 Å². The fourth-order valence-electron chi connectivity index (χ4n) is 3.53. The second-order valence-electron chi connectivity index (χ2n) is 7.61. The van der Waals surface area contributed by atoms with Gasteiger partial charge < -0.3 is 10.1 Å². The van der Waals surface area contributed by atoms with Gasteiger partial charge in [0.15, 0.2) is 0 Å². The molecule has 0 aliphatic rings. The summed E-state index contributed by atoms with van der Waals surface area (Å²) in [6.45, 7) is 4.10. The number of benzene rings is 3. The predicted octanol–water partition coefficient (Wildman–Crippen LogP) is 7.41. The van der Waals surface area contributed by atoms with Gasteiger partial charge in [0.2, 0.25) is 0 Å².